The Labute approximate surface area is 189 Å². The van der Waals surface area contributed by atoms with Crippen molar-refractivity contribution in [1.29, 1.82) is 0 Å². The largest absolute Gasteiger partial charge is 0.494 e. The molecule has 0 saturated carbocycles. The molecule has 3 rings (SSSR count). The van der Waals surface area contributed by atoms with Gasteiger partial charge in [0.15, 0.2) is 11.5 Å². The van der Waals surface area contributed by atoms with Crippen molar-refractivity contribution in [3.05, 3.63) is 53.6 Å². The molecule has 172 valence electrons. The van der Waals surface area contributed by atoms with Gasteiger partial charge in [0.1, 0.15) is 25.0 Å². The van der Waals surface area contributed by atoms with Crippen LogP contribution in [0, 0.1) is 5.92 Å². The topological polar surface area (TPSA) is 77.1 Å². The number of nitrogens with one attached hydrogen (secondary N) is 1. The van der Waals surface area contributed by atoms with Crippen LogP contribution in [0.3, 0.4) is 0 Å². The van der Waals surface area contributed by atoms with Gasteiger partial charge in [0.05, 0.1) is 6.61 Å². The molecule has 2 aromatic carbocycles. The highest BCUT2D eigenvalue weighted by atomic mass is 16.6. The van der Waals surface area contributed by atoms with E-state index in [-0.39, 0.29) is 17.7 Å². The minimum Gasteiger partial charge on any atom is -0.494 e. The van der Waals surface area contributed by atoms with Crippen molar-refractivity contribution < 1.29 is 23.8 Å². The van der Waals surface area contributed by atoms with Crippen LogP contribution in [0.5, 0.6) is 17.2 Å². The van der Waals surface area contributed by atoms with Gasteiger partial charge in [0, 0.05) is 24.2 Å². The van der Waals surface area contributed by atoms with Crippen molar-refractivity contribution in [2.24, 2.45) is 5.92 Å². The van der Waals surface area contributed by atoms with Gasteiger partial charge in [-0.25, -0.2) is 0 Å². The number of nitrogens with zero attached hydrogens (tertiary/aromatic N) is 1. The third-order valence-corrected chi connectivity index (χ3v) is 5.35. The van der Waals surface area contributed by atoms with Crippen LogP contribution in [0.1, 0.15) is 43.6 Å². The summed E-state index contributed by atoms with van der Waals surface area (Å²) in [6.07, 6.45) is 0. The molecule has 0 aromatic heterocycles. The highest BCUT2D eigenvalue weighted by Crippen LogP contribution is 2.34. The fourth-order valence-corrected chi connectivity index (χ4v) is 3.61. The van der Waals surface area contributed by atoms with E-state index in [1.165, 1.54) is 0 Å². The Balaban J connectivity index is 1.73. The number of carbonyl (C=O) groups is 2. The number of rotatable bonds is 9. The molecule has 1 aliphatic rings. The quantitative estimate of drug-likeness (QED) is 0.644. The summed E-state index contributed by atoms with van der Waals surface area (Å²) < 4.78 is 16.9. The predicted octanol–water partition coefficient (Wildman–Crippen LogP) is 3.66. The number of benzene rings is 2. The summed E-state index contributed by atoms with van der Waals surface area (Å²) in [6, 6.07) is 12.0. The van der Waals surface area contributed by atoms with Crippen molar-refractivity contribution in [1.82, 2.24) is 10.2 Å². The molecule has 1 atom stereocenters. The Morgan fingerprint density at radius 1 is 1.06 bits per heavy atom. The normalized spacial score (nSPS) is 13.4. The number of ether oxygens (including phenoxy) is 3. The van der Waals surface area contributed by atoms with E-state index in [1.54, 1.807) is 29.2 Å². The van der Waals surface area contributed by atoms with Crippen LogP contribution in [-0.4, -0.2) is 49.1 Å². The third kappa shape index (κ3) is 5.52. The average Bonchev–Trinajstić information content (AvgIpc) is 2.81. The second kappa shape index (κ2) is 10.9. The molecule has 32 heavy (non-hydrogen) atoms. The van der Waals surface area contributed by atoms with Gasteiger partial charge in [-0.3, -0.25) is 9.59 Å². The van der Waals surface area contributed by atoms with Crippen LogP contribution in [0.15, 0.2) is 42.5 Å². The van der Waals surface area contributed by atoms with Crippen molar-refractivity contribution >= 4 is 11.8 Å². The predicted molar refractivity (Wildman–Crippen MR) is 122 cm³/mol. The van der Waals surface area contributed by atoms with Crippen molar-refractivity contribution in [3.8, 4) is 17.2 Å². The Bertz CT molecular complexity index is 926. The first kappa shape index (κ1) is 23.4. The molecule has 0 aliphatic carbocycles. The lowest BCUT2D eigenvalue weighted by molar-refractivity contribution is -0.134. The molecule has 7 nitrogen and oxygen atoms in total. The zero-order chi connectivity index (χ0) is 23.1. The van der Waals surface area contributed by atoms with Crippen LogP contribution in [0.25, 0.3) is 0 Å². The SMILES string of the molecule is CCOc1ccc(C(=O)NC(C(=O)N(CC)Cc2cccc3c2OCCO3)C(C)C)cc1. The molecule has 0 saturated heterocycles. The van der Waals surface area contributed by atoms with E-state index in [9.17, 15) is 9.59 Å². The Morgan fingerprint density at radius 2 is 1.78 bits per heavy atom. The lowest BCUT2D eigenvalue weighted by Crippen LogP contribution is -2.51. The monoisotopic (exact) mass is 440 g/mol. The Morgan fingerprint density at radius 3 is 2.44 bits per heavy atom. The van der Waals surface area contributed by atoms with Gasteiger partial charge in [-0.05, 0) is 50.1 Å². The maximum atomic E-state index is 13.4. The van der Waals surface area contributed by atoms with E-state index < -0.39 is 6.04 Å². The van der Waals surface area contributed by atoms with Crippen LogP contribution in [0.2, 0.25) is 0 Å². The molecule has 1 aliphatic heterocycles. The maximum absolute atomic E-state index is 13.4. The molecular weight excluding hydrogens is 408 g/mol. The summed E-state index contributed by atoms with van der Waals surface area (Å²) in [4.78, 5) is 28.0. The number of hydrogen-bond acceptors (Lipinski definition) is 5. The number of carbonyl (C=O) groups excluding carboxylic acids is 2. The number of fused-ring (bicyclic) bond motifs is 1. The molecule has 2 aromatic rings. The van der Waals surface area contributed by atoms with Gasteiger partial charge in [0.25, 0.3) is 5.91 Å². The van der Waals surface area contributed by atoms with E-state index in [1.807, 2.05) is 45.9 Å². The Hall–Kier alpha value is -3.22. The van der Waals surface area contributed by atoms with Crippen LogP contribution in [-0.2, 0) is 11.3 Å². The summed E-state index contributed by atoms with van der Waals surface area (Å²) in [5.41, 5.74) is 1.37. The number of hydrogen-bond donors (Lipinski definition) is 1. The standard InChI is InChI=1S/C25H32N2O5/c1-5-27(16-19-8-7-9-21-23(19)32-15-14-31-21)25(29)22(17(3)4)26-24(28)18-10-12-20(13-11-18)30-6-2/h7-13,17,22H,5-6,14-16H2,1-4H3,(H,26,28). The highest BCUT2D eigenvalue weighted by Gasteiger charge is 2.29. The van der Waals surface area contributed by atoms with Crippen LogP contribution < -0.4 is 19.5 Å². The number of likely N-dealkylation sites (N-methyl/N-ethyl adjacent to an activating group) is 1. The fraction of sp³-hybridized carbons (Fsp3) is 0.440. The first-order chi connectivity index (χ1) is 15.4. The molecule has 0 bridgehead atoms. The fourth-order valence-electron chi connectivity index (χ4n) is 3.61. The minimum atomic E-state index is -0.647. The maximum Gasteiger partial charge on any atom is 0.251 e. The van der Waals surface area contributed by atoms with Gasteiger partial charge in [-0.15, -0.1) is 0 Å². The van der Waals surface area contributed by atoms with Gasteiger partial charge < -0.3 is 24.4 Å². The minimum absolute atomic E-state index is 0.0764. The van der Waals surface area contributed by atoms with E-state index in [2.05, 4.69) is 5.32 Å². The summed E-state index contributed by atoms with van der Waals surface area (Å²) >= 11 is 0. The highest BCUT2D eigenvalue weighted by molar-refractivity contribution is 5.97. The van der Waals surface area contributed by atoms with Crippen molar-refractivity contribution in [2.75, 3.05) is 26.4 Å². The van der Waals surface area contributed by atoms with Crippen LogP contribution >= 0.6 is 0 Å². The molecule has 1 N–H and O–H groups in total. The van der Waals surface area contributed by atoms with Gasteiger partial charge in [-0.2, -0.15) is 0 Å². The smallest absolute Gasteiger partial charge is 0.251 e. The zero-order valence-corrected chi connectivity index (χ0v) is 19.2. The molecule has 0 fully saturated rings. The third-order valence-electron chi connectivity index (χ3n) is 5.35. The summed E-state index contributed by atoms with van der Waals surface area (Å²) in [6.45, 7) is 10.1. The van der Waals surface area contributed by atoms with E-state index in [0.717, 1.165) is 5.56 Å². The molecule has 0 radical (unpaired) electrons. The molecular formula is C25H32N2O5. The first-order valence-electron chi connectivity index (χ1n) is 11.1. The van der Waals surface area contributed by atoms with Gasteiger partial charge in [0.2, 0.25) is 5.91 Å². The van der Waals surface area contributed by atoms with Crippen molar-refractivity contribution in [2.45, 2.75) is 40.3 Å². The second-order valence-electron chi connectivity index (χ2n) is 7.95. The lowest BCUT2D eigenvalue weighted by Gasteiger charge is -2.30. The van der Waals surface area contributed by atoms with Crippen LogP contribution in [0.4, 0.5) is 0 Å². The molecule has 1 heterocycles. The Kier molecular flexibility index (Phi) is 7.98. The molecule has 0 spiro atoms. The van der Waals surface area contributed by atoms with E-state index >= 15 is 0 Å². The van der Waals surface area contributed by atoms with E-state index in [4.69, 9.17) is 14.2 Å². The number of para-hydroxylation sites is 1. The van der Waals surface area contributed by atoms with Gasteiger partial charge in [-0.1, -0.05) is 26.0 Å². The zero-order valence-electron chi connectivity index (χ0n) is 19.2. The first-order valence-corrected chi connectivity index (χ1v) is 11.1. The average molecular weight is 441 g/mol. The van der Waals surface area contributed by atoms with Crippen molar-refractivity contribution in [3.63, 3.8) is 0 Å². The lowest BCUT2D eigenvalue weighted by atomic mass is 10.0. The summed E-state index contributed by atoms with van der Waals surface area (Å²) in [5.74, 6) is 1.59. The summed E-state index contributed by atoms with van der Waals surface area (Å²) in [7, 11) is 0. The molecule has 2 amide bonds. The molecule has 7 heteroatoms. The molecule has 1 unspecified atom stereocenters. The number of amides is 2. The van der Waals surface area contributed by atoms with Gasteiger partial charge >= 0.3 is 0 Å². The van der Waals surface area contributed by atoms with E-state index in [0.29, 0.717) is 55.7 Å². The summed E-state index contributed by atoms with van der Waals surface area (Å²) in [5, 5.41) is 2.92. The second-order valence-corrected chi connectivity index (χ2v) is 7.95.